The minimum absolute atomic E-state index is 0.0426. The molecule has 3 aliphatic rings. The van der Waals surface area contributed by atoms with E-state index in [1.54, 1.807) is 31.3 Å². The molecule has 11 heteroatoms. The van der Waals surface area contributed by atoms with Gasteiger partial charge in [0.05, 0.1) is 41.8 Å². The smallest absolute Gasteiger partial charge is 0.301 e. The van der Waals surface area contributed by atoms with Gasteiger partial charge in [-0.3, -0.25) is 4.79 Å². The lowest BCUT2D eigenvalue weighted by atomic mass is 10.0. The number of morpholine rings is 1. The van der Waals surface area contributed by atoms with Crippen LogP contribution in [0.2, 0.25) is 0 Å². The molecule has 0 amide bonds. The van der Waals surface area contributed by atoms with Crippen LogP contribution in [0, 0.1) is 11.7 Å². The van der Waals surface area contributed by atoms with E-state index in [0.29, 0.717) is 54.9 Å². The van der Waals surface area contributed by atoms with Gasteiger partial charge in [-0.15, -0.1) is 0 Å². The van der Waals surface area contributed by atoms with Crippen LogP contribution in [0.25, 0.3) is 10.9 Å². The van der Waals surface area contributed by atoms with Crippen LogP contribution >= 0.6 is 0 Å². The van der Waals surface area contributed by atoms with E-state index < -0.39 is 29.9 Å². The van der Waals surface area contributed by atoms with E-state index in [4.69, 9.17) is 9.47 Å². The second-order valence-electron chi connectivity index (χ2n) is 10.1. The molecular weight excluding hydrogens is 487 g/mol. The first kappa shape index (κ1) is 23.9. The molecule has 8 nitrogen and oxygen atoms in total. The standard InChI is InChI=1S/C26H28F3N5O3/c1-14-12-34(7-8-36-14)21-10-19(18(27)11-30-21)31-16-5-6-20-17(9-16)22-23(25(35)33(20)2)37-13-26(28,29)24(32-22)15-3-4-15/h5-6,9-11,14-15,24,32H,3-4,7-8,12-13H2,1-2H3,(H,30,31)/t14-,24+/m1/s1. The number of aromatic nitrogens is 2. The summed E-state index contributed by atoms with van der Waals surface area (Å²) in [5, 5.41) is 6.59. The highest BCUT2D eigenvalue weighted by atomic mass is 19.3. The number of halogens is 3. The van der Waals surface area contributed by atoms with Crippen molar-refractivity contribution in [1.29, 1.82) is 0 Å². The number of hydrogen-bond donors (Lipinski definition) is 2. The second kappa shape index (κ2) is 8.83. The Morgan fingerprint density at radius 2 is 2.05 bits per heavy atom. The maximum Gasteiger partial charge on any atom is 0.301 e. The second-order valence-corrected chi connectivity index (χ2v) is 10.1. The predicted octanol–water partition coefficient (Wildman–Crippen LogP) is 4.26. The first-order valence-electron chi connectivity index (χ1n) is 12.4. The van der Waals surface area contributed by atoms with Crippen molar-refractivity contribution in [3.8, 4) is 5.75 Å². The van der Waals surface area contributed by atoms with Gasteiger partial charge in [0.25, 0.3) is 5.56 Å². The third kappa shape index (κ3) is 4.35. The van der Waals surface area contributed by atoms with Crippen molar-refractivity contribution >= 4 is 33.8 Å². The molecule has 1 aliphatic carbocycles. The molecule has 0 radical (unpaired) electrons. The molecule has 3 aromatic rings. The molecule has 1 saturated heterocycles. The van der Waals surface area contributed by atoms with Gasteiger partial charge in [-0.05, 0) is 43.9 Å². The Hall–Kier alpha value is -3.47. The SMILES string of the molecule is C[C@@H]1CN(c2cc(Nc3ccc4c(c3)c3c(c(=O)n4C)OCC(F)(F)[C@H](C4CC4)N3)c(F)cn2)CCO1. The van der Waals surface area contributed by atoms with E-state index >= 15 is 0 Å². The molecule has 1 aromatic carbocycles. The summed E-state index contributed by atoms with van der Waals surface area (Å²) < 4.78 is 56.9. The first-order chi connectivity index (χ1) is 17.7. The van der Waals surface area contributed by atoms with Crippen molar-refractivity contribution in [1.82, 2.24) is 9.55 Å². The van der Waals surface area contributed by atoms with E-state index in [-0.39, 0.29) is 29.1 Å². The van der Waals surface area contributed by atoms with Gasteiger partial charge in [0.2, 0.25) is 5.75 Å². The Morgan fingerprint density at radius 1 is 1.24 bits per heavy atom. The quantitative estimate of drug-likeness (QED) is 0.538. The number of pyridine rings is 2. The third-order valence-electron chi connectivity index (χ3n) is 7.30. The zero-order valence-electron chi connectivity index (χ0n) is 20.6. The molecule has 2 aliphatic heterocycles. The van der Waals surface area contributed by atoms with Gasteiger partial charge in [0, 0.05) is 37.3 Å². The average Bonchev–Trinajstić information content (AvgIpc) is 3.71. The van der Waals surface area contributed by atoms with E-state index in [9.17, 15) is 18.0 Å². The molecule has 2 atom stereocenters. The van der Waals surface area contributed by atoms with E-state index in [1.807, 2.05) is 11.8 Å². The van der Waals surface area contributed by atoms with Gasteiger partial charge in [0.15, 0.2) is 12.4 Å². The molecule has 0 spiro atoms. The van der Waals surface area contributed by atoms with Crippen LogP contribution in [0.1, 0.15) is 19.8 Å². The summed E-state index contributed by atoms with van der Waals surface area (Å²) in [5.74, 6) is -3.34. The number of anilines is 4. The van der Waals surface area contributed by atoms with Crippen molar-refractivity contribution in [3.63, 3.8) is 0 Å². The molecule has 2 N–H and O–H groups in total. The molecule has 0 bridgehead atoms. The molecule has 6 rings (SSSR count). The Kier molecular flexibility index (Phi) is 5.70. The summed E-state index contributed by atoms with van der Waals surface area (Å²) in [6, 6.07) is 5.66. The maximum absolute atomic E-state index is 14.9. The van der Waals surface area contributed by atoms with Gasteiger partial charge in [-0.25, -0.2) is 18.2 Å². The van der Waals surface area contributed by atoms with Crippen molar-refractivity contribution in [2.45, 2.75) is 37.8 Å². The molecule has 1 saturated carbocycles. The first-order valence-corrected chi connectivity index (χ1v) is 12.4. The zero-order chi connectivity index (χ0) is 25.9. The fraction of sp³-hybridized carbons (Fsp3) is 0.462. The number of ether oxygens (including phenoxy) is 2. The zero-order valence-corrected chi connectivity index (χ0v) is 20.6. The fourth-order valence-electron chi connectivity index (χ4n) is 5.16. The molecule has 4 heterocycles. The van der Waals surface area contributed by atoms with Crippen molar-refractivity contribution in [3.05, 3.63) is 46.6 Å². The molecular formula is C26H28F3N5O3. The largest absolute Gasteiger partial charge is 0.480 e. The Labute approximate surface area is 211 Å². The molecule has 2 fully saturated rings. The Bertz CT molecular complexity index is 1420. The number of nitrogens with one attached hydrogen (secondary N) is 2. The molecule has 2 aromatic heterocycles. The molecule has 37 heavy (non-hydrogen) atoms. The number of hydrogen-bond acceptors (Lipinski definition) is 7. The monoisotopic (exact) mass is 515 g/mol. The Balaban J connectivity index is 1.39. The average molecular weight is 516 g/mol. The third-order valence-corrected chi connectivity index (χ3v) is 7.30. The van der Waals surface area contributed by atoms with E-state index in [2.05, 4.69) is 15.6 Å². The van der Waals surface area contributed by atoms with Crippen molar-refractivity contribution in [2.75, 3.05) is 41.8 Å². The highest BCUT2D eigenvalue weighted by Crippen LogP contribution is 2.45. The maximum atomic E-state index is 14.9. The van der Waals surface area contributed by atoms with Crippen LogP contribution in [0.4, 0.5) is 36.1 Å². The normalized spacial score (nSPS) is 23.1. The van der Waals surface area contributed by atoms with Crippen LogP contribution < -0.4 is 25.8 Å². The summed E-state index contributed by atoms with van der Waals surface area (Å²) in [6.07, 6.45) is 2.61. The van der Waals surface area contributed by atoms with Gasteiger partial charge in [-0.1, -0.05) is 0 Å². The minimum Gasteiger partial charge on any atom is -0.480 e. The lowest BCUT2D eigenvalue weighted by Gasteiger charge is -2.32. The number of rotatable bonds is 4. The van der Waals surface area contributed by atoms with Gasteiger partial charge < -0.3 is 29.6 Å². The van der Waals surface area contributed by atoms with Crippen LogP contribution in [-0.2, 0) is 11.8 Å². The lowest BCUT2D eigenvalue weighted by molar-refractivity contribution is -0.0579. The highest BCUT2D eigenvalue weighted by Gasteiger charge is 2.51. The van der Waals surface area contributed by atoms with Crippen molar-refractivity contribution in [2.24, 2.45) is 13.0 Å². The topological polar surface area (TPSA) is 80.7 Å². The number of alkyl halides is 2. The predicted molar refractivity (Wildman–Crippen MR) is 135 cm³/mol. The van der Waals surface area contributed by atoms with Gasteiger partial charge in [0.1, 0.15) is 5.82 Å². The summed E-state index contributed by atoms with van der Waals surface area (Å²) >= 11 is 0. The van der Waals surface area contributed by atoms with Crippen LogP contribution in [-0.4, -0.2) is 53.9 Å². The molecule has 0 unspecified atom stereocenters. The fourth-order valence-corrected chi connectivity index (χ4v) is 5.16. The van der Waals surface area contributed by atoms with Gasteiger partial charge >= 0.3 is 5.92 Å². The highest BCUT2D eigenvalue weighted by molar-refractivity contribution is 5.97. The number of benzene rings is 1. The summed E-state index contributed by atoms with van der Waals surface area (Å²) in [4.78, 5) is 19.3. The summed E-state index contributed by atoms with van der Waals surface area (Å²) in [7, 11) is 1.57. The summed E-state index contributed by atoms with van der Waals surface area (Å²) in [5.41, 5.74) is 1.05. The van der Waals surface area contributed by atoms with Crippen molar-refractivity contribution < 1.29 is 22.6 Å². The summed E-state index contributed by atoms with van der Waals surface area (Å²) in [6.45, 7) is 2.97. The number of fused-ring (bicyclic) bond motifs is 3. The molecule has 196 valence electrons. The van der Waals surface area contributed by atoms with Crippen LogP contribution in [0.15, 0.2) is 35.3 Å². The van der Waals surface area contributed by atoms with E-state index in [1.165, 1.54) is 10.8 Å². The lowest BCUT2D eigenvalue weighted by Crippen LogP contribution is -2.44. The van der Waals surface area contributed by atoms with Gasteiger partial charge in [-0.2, -0.15) is 0 Å². The number of nitrogens with zero attached hydrogens (tertiary/aromatic N) is 3. The Morgan fingerprint density at radius 3 is 2.81 bits per heavy atom. The number of aryl methyl sites for hydroxylation is 1. The van der Waals surface area contributed by atoms with Crippen LogP contribution in [0.5, 0.6) is 5.75 Å². The van der Waals surface area contributed by atoms with E-state index in [0.717, 1.165) is 0 Å². The van der Waals surface area contributed by atoms with Crippen LogP contribution in [0.3, 0.4) is 0 Å². The minimum atomic E-state index is -3.12.